The number of aliphatic hydroxyl groups excluding tert-OH is 1. The van der Waals surface area contributed by atoms with E-state index in [2.05, 4.69) is 17.1 Å². The second-order valence-corrected chi connectivity index (χ2v) is 7.55. The minimum atomic E-state index is -0.0229. The highest BCUT2D eigenvalue weighted by Gasteiger charge is 2.42. The number of hydrogen-bond acceptors (Lipinski definition) is 3. The second-order valence-electron chi connectivity index (χ2n) is 7.55. The van der Waals surface area contributed by atoms with Crippen LogP contribution in [0.1, 0.15) is 45.4 Å². The van der Waals surface area contributed by atoms with Gasteiger partial charge in [-0.05, 0) is 56.9 Å². The van der Waals surface area contributed by atoms with Gasteiger partial charge in [0.05, 0.1) is 6.54 Å². The van der Waals surface area contributed by atoms with Crippen LogP contribution in [0.25, 0.3) is 0 Å². The number of hydrogen-bond donors (Lipinski definition) is 2. The van der Waals surface area contributed by atoms with Gasteiger partial charge in [0.25, 0.3) is 0 Å². The molecule has 0 radical (unpaired) electrons. The normalized spacial score (nSPS) is 31.6. The Kier molecular flexibility index (Phi) is 4.04. The highest BCUT2D eigenvalue weighted by atomic mass is 16.3. The molecule has 2 saturated carbocycles. The van der Waals surface area contributed by atoms with Crippen molar-refractivity contribution in [3.63, 3.8) is 0 Å². The summed E-state index contributed by atoms with van der Waals surface area (Å²) in [6.07, 6.45) is 7.34. The Hall–Kier alpha value is -0.610. The summed E-state index contributed by atoms with van der Waals surface area (Å²) in [6.45, 7) is 4.67. The molecule has 0 aromatic heterocycles. The smallest absolute Gasteiger partial charge is 0.234 e. The van der Waals surface area contributed by atoms with Crippen molar-refractivity contribution in [3.05, 3.63) is 0 Å². The van der Waals surface area contributed by atoms with Crippen LogP contribution in [0.5, 0.6) is 0 Å². The number of rotatable bonds is 6. The zero-order valence-electron chi connectivity index (χ0n) is 12.6. The van der Waals surface area contributed by atoms with Crippen LogP contribution in [0.4, 0.5) is 0 Å². The maximum absolute atomic E-state index is 12.3. The predicted molar refractivity (Wildman–Crippen MR) is 78.2 cm³/mol. The molecule has 1 heterocycles. The van der Waals surface area contributed by atoms with Gasteiger partial charge in [0, 0.05) is 24.6 Å². The van der Waals surface area contributed by atoms with Crippen LogP contribution in [0.3, 0.4) is 0 Å². The average molecular weight is 280 g/mol. The van der Waals surface area contributed by atoms with Gasteiger partial charge >= 0.3 is 0 Å². The van der Waals surface area contributed by atoms with Crippen LogP contribution < -0.4 is 5.32 Å². The first kappa shape index (κ1) is 14.3. The van der Waals surface area contributed by atoms with Crippen molar-refractivity contribution in [2.24, 2.45) is 17.3 Å². The van der Waals surface area contributed by atoms with E-state index in [-0.39, 0.29) is 17.9 Å². The summed E-state index contributed by atoms with van der Waals surface area (Å²) in [5, 5.41) is 12.8. The molecule has 0 spiro atoms. The summed E-state index contributed by atoms with van der Waals surface area (Å²) in [7, 11) is 0. The van der Waals surface area contributed by atoms with Crippen LogP contribution in [0.2, 0.25) is 0 Å². The van der Waals surface area contributed by atoms with Gasteiger partial charge in [0.1, 0.15) is 0 Å². The van der Waals surface area contributed by atoms with E-state index in [9.17, 15) is 9.90 Å². The minimum Gasteiger partial charge on any atom is -0.396 e. The van der Waals surface area contributed by atoms with Crippen molar-refractivity contribution in [2.45, 2.75) is 51.5 Å². The first-order valence-corrected chi connectivity index (χ1v) is 8.22. The summed E-state index contributed by atoms with van der Waals surface area (Å²) in [4.78, 5) is 14.5. The molecule has 1 unspecified atom stereocenters. The molecule has 3 aliphatic rings. The van der Waals surface area contributed by atoms with E-state index in [1.165, 1.54) is 25.7 Å². The Balaban J connectivity index is 1.48. The third kappa shape index (κ3) is 3.53. The zero-order valence-corrected chi connectivity index (χ0v) is 12.6. The molecule has 0 bridgehead atoms. The maximum atomic E-state index is 12.3. The Morgan fingerprint density at radius 3 is 2.55 bits per heavy atom. The molecule has 1 aliphatic heterocycles. The molecule has 0 aromatic carbocycles. The largest absolute Gasteiger partial charge is 0.396 e. The van der Waals surface area contributed by atoms with Crippen molar-refractivity contribution in [2.75, 3.05) is 26.2 Å². The van der Waals surface area contributed by atoms with Crippen LogP contribution in [0, 0.1) is 17.3 Å². The average Bonchev–Trinajstić information content (AvgIpc) is 3.29. The van der Waals surface area contributed by atoms with Crippen LogP contribution in [-0.4, -0.2) is 48.2 Å². The summed E-state index contributed by atoms with van der Waals surface area (Å²) >= 11 is 0. The summed E-state index contributed by atoms with van der Waals surface area (Å²) in [5.41, 5.74) is -0.0229. The molecule has 2 N–H and O–H groups in total. The van der Waals surface area contributed by atoms with Crippen molar-refractivity contribution in [1.29, 1.82) is 0 Å². The monoisotopic (exact) mass is 280 g/mol. The molecular weight excluding hydrogens is 252 g/mol. The number of nitrogens with zero attached hydrogens (tertiary/aromatic N) is 1. The molecule has 1 atom stereocenters. The third-order valence-electron chi connectivity index (χ3n) is 5.20. The number of likely N-dealkylation sites (tertiary alicyclic amines) is 1. The van der Waals surface area contributed by atoms with Gasteiger partial charge < -0.3 is 10.4 Å². The number of aliphatic hydroxyl groups is 1. The van der Waals surface area contributed by atoms with Crippen molar-refractivity contribution in [1.82, 2.24) is 10.2 Å². The quantitative estimate of drug-likeness (QED) is 0.773. The topological polar surface area (TPSA) is 52.6 Å². The fourth-order valence-corrected chi connectivity index (χ4v) is 3.66. The van der Waals surface area contributed by atoms with Gasteiger partial charge in [-0.1, -0.05) is 6.92 Å². The SMILES string of the molecule is CC1(CO)CCCN(CC(=O)NC(C2CC2)C2CC2)C1. The lowest BCUT2D eigenvalue weighted by molar-refractivity contribution is -0.124. The fraction of sp³-hybridized carbons (Fsp3) is 0.938. The van der Waals surface area contributed by atoms with Crippen molar-refractivity contribution in [3.8, 4) is 0 Å². The van der Waals surface area contributed by atoms with Gasteiger partial charge in [-0.15, -0.1) is 0 Å². The summed E-state index contributed by atoms with van der Waals surface area (Å²) in [5.74, 6) is 1.71. The van der Waals surface area contributed by atoms with E-state index in [0.717, 1.165) is 37.8 Å². The number of carbonyl (C=O) groups is 1. The molecule has 20 heavy (non-hydrogen) atoms. The van der Waals surface area contributed by atoms with E-state index >= 15 is 0 Å². The summed E-state index contributed by atoms with van der Waals surface area (Å²) < 4.78 is 0. The molecule has 2 aliphatic carbocycles. The number of carbonyl (C=O) groups excluding carboxylic acids is 1. The molecular formula is C16H28N2O2. The molecule has 4 heteroatoms. The standard InChI is InChI=1S/C16H28N2O2/c1-16(11-19)7-2-8-18(10-16)9-14(20)17-15(12-3-4-12)13-5-6-13/h12-13,15,19H,2-11H2,1H3,(H,17,20). The van der Waals surface area contributed by atoms with E-state index in [0.29, 0.717) is 12.6 Å². The Bertz CT molecular complexity index is 353. The summed E-state index contributed by atoms with van der Waals surface area (Å²) in [6, 6.07) is 0.455. The van der Waals surface area contributed by atoms with Crippen LogP contribution in [-0.2, 0) is 4.79 Å². The molecule has 3 fully saturated rings. The van der Waals surface area contributed by atoms with Gasteiger partial charge in [-0.2, -0.15) is 0 Å². The molecule has 1 amide bonds. The lowest BCUT2D eigenvalue weighted by Gasteiger charge is -2.39. The number of amides is 1. The first-order valence-electron chi connectivity index (χ1n) is 8.22. The van der Waals surface area contributed by atoms with Gasteiger partial charge in [-0.3, -0.25) is 9.69 Å². The van der Waals surface area contributed by atoms with Crippen LogP contribution >= 0.6 is 0 Å². The lowest BCUT2D eigenvalue weighted by Crippen LogP contribution is -2.49. The Labute approximate surface area is 121 Å². The minimum absolute atomic E-state index is 0.0229. The van der Waals surface area contributed by atoms with Crippen molar-refractivity contribution >= 4 is 5.91 Å². The number of piperidine rings is 1. The van der Waals surface area contributed by atoms with E-state index in [4.69, 9.17) is 0 Å². The van der Waals surface area contributed by atoms with Crippen molar-refractivity contribution < 1.29 is 9.90 Å². The Morgan fingerprint density at radius 1 is 1.35 bits per heavy atom. The molecule has 3 rings (SSSR count). The molecule has 0 aromatic rings. The van der Waals surface area contributed by atoms with E-state index in [1.54, 1.807) is 0 Å². The highest BCUT2D eigenvalue weighted by molar-refractivity contribution is 5.78. The van der Waals surface area contributed by atoms with Gasteiger partial charge in [-0.25, -0.2) is 0 Å². The second kappa shape index (κ2) is 5.64. The van der Waals surface area contributed by atoms with E-state index in [1.807, 2.05) is 0 Å². The predicted octanol–water partition coefficient (Wildman–Crippen LogP) is 1.39. The molecule has 4 nitrogen and oxygen atoms in total. The van der Waals surface area contributed by atoms with Crippen LogP contribution in [0.15, 0.2) is 0 Å². The van der Waals surface area contributed by atoms with Gasteiger partial charge in [0.15, 0.2) is 0 Å². The number of nitrogens with one attached hydrogen (secondary N) is 1. The van der Waals surface area contributed by atoms with Gasteiger partial charge in [0.2, 0.25) is 5.91 Å². The first-order chi connectivity index (χ1) is 9.59. The highest BCUT2D eigenvalue weighted by Crippen LogP contribution is 2.44. The lowest BCUT2D eigenvalue weighted by atomic mass is 9.83. The third-order valence-corrected chi connectivity index (χ3v) is 5.20. The van der Waals surface area contributed by atoms with E-state index < -0.39 is 0 Å². The molecule has 114 valence electrons. The maximum Gasteiger partial charge on any atom is 0.234 e. The zero-order chi connectivity index (χ0) is 14.2. The fourth-order valence-electron chi connectivity index (χ4n) is 3.66. The molecule has 1 saturated heterocycles. The Morgan fingerprint density at radius 2 is 2.00 bits per heavy atom.